The number of alkyl halides is 3. The highest BCUT2D eigenvalue weighted by molar-refractivity contribution is 5.76. The first-order valence-corrected chi connectivity index (χ1v) is 12.5. The van der Waals surface area contributed by atoms with Crippen molar-refractivity contribution in [1.82, 2.24) is 14.3 Å². The molecular formula is C26H37F3N4O5. The Kier molecular flexibility index (Phi) is 9.79. The summed E-state index contributed by atoms with van der Waals surface area (Å²) in [6.45, 7) is 8.68. The third-order valence-corrected chi connectivity index (χ3v) is 5.98. The Bertz CT molecular complexity index is 1230. The fraction of sp³-hybridized carbons (Fsp3) is 0.615. The molecule has 0 aliphatic rings. The van der Waals surface area contributed by atoms with Crippen molar-refractivity contribution >= 4 is 11.8 Å². The molecule has 1 heterocycles. The predicted octanol–water partition coefficient (Wildman–Crippen LogP) is 4.15. The average Bonchev–Trinajstić information content (AvgIpc) is 2.77. The molecule has 0 atom stereocenters. The van der Waals surface area contributed by atoms with Gasteiger partial charge in [-0.3, -0.25) is 9.36 Å². The zero-order valence-corrected chi connectivity index (χ0v) is 22.8. The number of benzene rings is 1. The van der Waals surface area contributed by atoms with Crippen LogP contribution in [0.25, 0.3) is 0 Å². The van der Waals surface area contributed by atoms with Crippen molar-refractivity contribution in [2.24, 2.45) is 7.05 Å². The Labute approximate surface area is 219 Å². The molecule has 0 unspecified atom stereocenters. The number of anilines is 1. The molecule has 0 radical (unpaired) electrons. The molecule has 0 saturated carbocycles. The van der Waals surface area contributed by atoms with Crippen LogP contribution in [-0.2, 0) is 24.8 Å². The Balaban J connectivity index is 2.15. The highest BCUT2D eigenvalue weighted by Crippen LogP contribution is 2.23. The zero-order chi connectivity index (χ0) is 28.9. The lowest BCUT2D eigenvalue weighted by atomic mass is 10.0. The van der Waals surface area contributed by atoms with E-state index in [0.717, 1.165) is 21.2 Å². The zero-order valence-electron chi connectivity index (χ0n) is 22.8. The summed E-state index contributed by atoms with van der Waals surface area (Å²) in [5.74, 6) is -0.610. The molecular weight excluding hydrogens is 505 g/mol. The molecule has 0 fully saturated rings. The Morgan fingerprint density at radius 3 is 2.32 bits per heavy atom. The first kappa shape index (κ1) is 30.9. The first-order chi connectivity index (χ1) is 17.4. The minimum absolute atomic E-state index is 0.0120. The number of aromatic nitrogens is 3. The SMILES string of the molecule is Cn1nc(N(CCCCc2cccc(OC(C)(C)C(=O)O)c2)C(C)(C)C)c(=O)n(CCCC(F)(F)F)c1=O. The van der Waals surface area contributed by atoms with Crippen molar-refractivity contribution < 1.29 is 27.8 Å². The quantitative estimate of drug-likeness (QED) is 0.402. The van der Waals surface area contributed by atoms with E-state index in [9.17, 15) is 32.7 Å². The second kappa shape index (κ2) is 12.0. The number of hydrogen-bond acceptors (Lipinski definition) is 6. The minimum atomic E-state index is -4.37. The van der Waals surface area contributed by atoms with Gasteiger partial charge in [0.2, 0.25) is 5.82 Å². The van der Waals surface area contributed by atoms with Crippen molar-refractivity contribution in [2.75, 3.05) is 11.4 Å². The van der Waals surface area contributed by atoms with Gasteiger partial charge in [-0.15, -0.1) is 5.10 Å². The number of rotatable bonds is 12. The van der Waals surface area contributed by atoms with Gasteiger partial charge in [0.15, 0.2) is 5.60 Å². The summed E-state index contributed by atoms with van der Waals surface area (Å²) in [5, 5.41) is 13.4. The van der Waals surface area contributed by atoms with E-state index in [4.69, 9.17) is 4.74 Å². The van der Waals surface area contributed by atoms with Crippen LogP contribution in [0, 0.1) is 0 Å². The van der Waals surface area contributed by atoms with E-state index in [1.807, 2.05) is 26.8 Å². The van der Waals surface area contributed by atoms with E-state index in [2.05, 4.69) is 5.10 Å². The summed E-state index contributed by atoms with van der Waals surface area (Å²) in [4.78, 5) is 38.7. The lowest BCUT2D eigenvalue weighted by Gasteiger charge is -2.36. The van der Waals surface area contributed by atoms with Crippen LogP contribution >= 0.6 is 0 Å². The van der Waals surface area contributed by atoms with Gasteiger partial charge >= 0.3 is 17.8 Å². The number of unbranched alkanes of at least 4 members (excludes halogenated alkanes) is 1. The fourth-order valence-electron chi connectivity index (χ4n) is 3.87. The number of carboxylic acids is 1. The van der Waals surface area contributed by atoms with Crippen molar-refractivity contribution in [3.8, 4) is 5.75 Å². The first-order valence-electron chi connectivity index (χ1n) is 12.5. The van der Waals surface area contributed by atoms with Gasteiger partial charge in [-0.25, -0.2) is 14.3 Å². The molecule has 0 aliphatic carbocycles. The minimum Gasteiger partial charge on any atom is -0.478 e. The van der Waals surface area contributed by atoms with E-state index in [1.54, 1.807) is 23.1 Å². The van der Waals surface area contributed by atoms with Crippen LogP contribution in [0.4, 0.5) is 19.0 Å². The normalized spacial score (nSPS) is 12.4. The van der Waals surface area contributed by atoms with Crippen molar-refractivity contribution in [2.45, 2.75) is 90.6 Å². The van der Waals surface area contributed by atoms with Crippen LogP contribution in [0.15, 0.2) is 33.9 Å². The topological polar surface area (TPSA) is 107 Å². The van der Waals surface area contributed by atoms with Gasteiger partial charge in [-0.2, -0.15) is 13.2 Å². The monoisotopic (exact) mass is 542 g/mol. The van der Waals surface area contributed by atoms with Crippen LogP contribution in [0.1, 0.15) is 65.9 Å². The Morgan fingerprint density at radius 2 is 1.74 bits per heavy atom. The van der Waals surface area contributed by atoms with E-state index in [0.29, 0.717) is 25.1 Å². The highest BCUT2D eigenvalue weighted by Gasteiger charge is 2.30. The van der Waals surface area contributed by atoms with Crippen LogP contribution in [0.5, 0.6) is 5.75 Å². The molecule has 0 saturated heterocycles. The summed E-state index contributed by atoms with van der Waals surface area (Å²) in [6.07, 6.45) is -3.80. The summed E-state index contributed by atoms with van der Waals surface area (Å²) >= 11 is 0. The molecule has 212 valence electrons. The van der Waals surface area contributed by atoms with Crippen LogP contribution in [0.2, 0.25) is 0 Å². The molecule has 12 heteroatoms. The Hall–Kier alpha value is -3.31. The lowest BCUT2D eigenvalue weighted by Crippen LogP contribution is -2.50. The van der Waals surface area contributed by atoms with E-state index in [-0.39, 0.29) is 18.8 Å². The summed E-state index contributed by atoms with van der Waals surface area (Å²) in [6, 6.07) is 7.19. The molecule has 1 aromatic heterocycles. The number of carboxylic acid groups (broad SMARTS) is 1. The number of aryl methyl sites for hydroxylation is 2. The third-order valence-electron chi connectivity index (χ3n) is 5.98. The standard InChI is InChI=1S/C26H37F3N4O5/c1-24(2,3)33(20-21(34)32(23(37)31(6)30-20)15-10-14-26(27,28)29)16-8-7-11-18-12-9-13-19(17-18)38-25(4,5)22(35)36/h9,12-13,17H,7-8,10-11,14-16H2,1-6H3,(H,35,36). The number of aliphatic carboxylic acids is 1. The van der Waals surface area contributed by atoms with Crippen LogP contribution in [0.3, 0.4) is 0 Å². The number of hydrogen-bond donors (Lipinski definition) is 1. The second-order valence-electron chi connectivity index (χ2n) is 10.7. The van der Waals surface area contributed by atoms with Crippen molar-refractivity contribution in [3.05, 3.63) is 50.7 Å². The maximum absolute atomic E-state index is 13.1. The number of halogens is 3. The average molecular weight is 543 g/mol. The van der Waals surface area contributed by atoms with Crippen LogP contribution in [-0.4, -0.2) is 49.3 Å². The summed E-state index contributed by atoms with van der Waals surface area (Å²) < 4.78 is 45.2. The van der Waals surface area contributed by atoms with Gasteiger partial charge in [0.05, 0.1) is 0 Å². The predicted molar refractivity (Wildman–Crippen MR) is 138 cm³/mol. The summed E-state index contributed by atoms with van der Waals surface area (Å²) in [5.41, 5.74) is -2.44. The number of nitrogens with zero attached hydrogens (tertiary/aromatic N) is 4. The van der Waals surface area contributed by atoms with E-state index in [1.165, 1.54) is 20.9 Å². The van der Waals surface area contributed by atoms with Gasteiger partial charge < -0.3 is 14.7 Å². The number of carbonyl (C=O) groups is 1. The molecule has 0 bridgehead atoms. The molecule has 38 heavy (non-hydrogen) atoms. The summed E-state index contributed by atoms with van der Waals surface area (Å²) in [7, 11) is 1.37. The molecule has 1 N–H and O–H groups in total. The molecule has 0 aliphatic heterocycles. The van der Waals surface area contributed by atoms with Gasteiger partial charge in [0.25, 0.3) is 5.56 Å². The second-order valence-corrected chi connectivity index (χ2v) is 10.7. The molecule has 0 spiro atoms. The largest absolute Gasteiger partial charge is 0.478 e. The smallest absolute Gasteiger partial charge is 0.389 e. The Morgan fingerprint density at radius 1 is 1.08 bits per heavy atom. The van der Waals surface area contributed by atoms with E-state index >= 15 is 0 Å². The van der Waals surface area contributed by atoms with Crippen molar-refractivity contribution in [1.29, 1.82) is 0 Å². The molecule has 2 rings (SSSR count). The molecule has 9 nitrogen and oxygen atoms in total. The molecule has 2 aromatic rings. The van der Waals surface area contributed by atoms with Gasteiger partial charge in [-0.05, 0) is 78.0 Å². The van der Waals surface area contributed by atoms with Crippen LogP contribution < -0.4 is 20.9 Å². The maximum atomic E-state index is 13.1. The number of ether oxygens (including phenoxy) is 1. The molecule has 1 aromatic carbocycles. The lowest BCUT2D eigenvalue weighted by molar-refractivity contribution is -0.152. The van der Waals surface area contributed by atoms with Crippen molar-refractivity contribution in [3.63, 3.8) is 0 Å². The van der Waals surface area contributed by atoms with Gasteiger partial charge in [-0.1, -0.05) is 12.1 Å². The highest BCUT2D eigenvalue weighted by atomic mass is 19.4. The fourth-order valence-corrected chi connectivity index (χ4v) is 3.87. The third kappa shape index (κ3) is 8.63. The molecule has 0 amide bonds. The van der Waals surface area contributed by atoms with Gasteiger partial charge in [0, 0.05) is 32.1 Å². The van der Waals surface area contributed by atoms with Gasteiger partial charge in [0.1, 0.15) is 5.75 Å². The van der Waals surface area contributed by atoms with E-state index < -0.39 is 41.0 Å². The maximum Gasteiger partial charge on any atom is 0.389 e.